The molecule has 0 saturated heterocycles. The van der Waals surface area contributed by atoms with Gasteiger partial charge in [-0.15, -0.1) is 0 Å². The molecular weight excluding hydrogens is 296 g/mol. The van der Waals surface area contributed by atoms with Gasteiger partial charge in [0.25, 0.3) is 0 Å². The molecule has 0 saturated carbocycles. The third-order valence-corrected chi connectivity index (χ3v) is 3.77. The highest BCUT2D eigenvalue weighted by molar-refractivity contribution is 5.90. The Bertz CT molecular complexity index is 864. The maximum absolute atomic E-state index is 12.2. The van der Waals surface area contributed by atoms with Gasteiger partial charge in [0.15, 0.2) is 0 Å². The molecule has 0 bridgehead atoms. The van der Waals surface area contributed by atoms with Gasteiger partial charge in [0.2, 0.25) is 0 Å². The van der Waals surface area contributed by atoms with Gasteiger partial charge in [-0.2, -0.15) is 0 Å². The molecule has 0 unspecified atom stereocenters. The van der Waals surface area contributed by atoms with Gasteiger partial charge in [-0.05, 0) is 35.8 Å². The number of esters is 1. The third kappa shape index (κ3) is 3.79. The van der Waals surface area contributed by atoms with Crippen molar-refractivity contribution in [1.29, 1.82) is 0 Å². The molecule has 0 aliphatic rings. The van der Waals surface area contributed by atoms with E-state index in [1.165, 1.54) is 6.08 Å². The Morgan fingerprint density at radius 1 is 0.833 bits per heavy atom. The summed E-state index contributed by atoms with van der Waals surface area (Å²) in [5, 5.41) is 0. The number of ether oxygens (including phenoxy) is 1. The van der Waals surface area contributed by atoms with Gasteiger partial charge in [-0.25, -0.2) is 4.79 Å². The van der Waals surface area contributed by atoms with E-state index in [4.69, 9.17) is 4.74 Å². The molecule has 118 valence electrons. The standard InChI is InChI=1S/C22H18O2/c1-17-9-5-6-10-18(17)15-16-22(23)24-21-14-8-7-13-20(21)19-11-3-2-4-12-19/h2-16H,1H3/b16-15+. The van der Waals surface area contributed by atoms with Gasteiger partial charge in [0.1, 0.15) is 5.75 Å². The summed E-state index contributed by atoms with van der Waals surface area (Å²) in [6.45, 7) is 2.01. The van der Waals surface area contributed by atoms with Crippen LogP contribution in [-0.4, -0.2) is 5.97 Å². The molecule has 0 fully saturated rings. The fourth-order valence-electron chi connectivity index (χ4n) is 2.49. The zero-order valence-corrected chi connectivity index (χ0v) is 13.5. The third-order valence-electron chi connectivity index (χ3n) is 3.77. The second-order valence-electron chi connectivity index (χ2n) is 5.47. The van der Waals surface area contributed by atoms with E-state index in [-0.39, 0.29) is 5.97 Å². The number of hydrogen-bond donors (Lipinski definition) is 0. The number of carbonyl (C=O) groups excluding carboxylic acids is 1. The Balaban J connectivity index is 1.80. The first-order valence-corrected chi connectivity index (χ1v) is 7.84. The quantitative estimate of drug-likeness (QED) is 0.372. The lowest BCUT2D eigenvalue weighted by atomic mass is 10.1. The number of carbonyl (C=O) groups is 1. The molecule has 0 aromatic heterocycles. The molecule has 0 atom stereocenters. The summed E-state index contributed by atoms with van der Waals surface area (Å²) < 4.78 is 5.54. The fourth-order valence-corrected chi connectivity index (χ4v) is 2.49. The van der Waals surface area contributed by atoms with E-state index in [0.717, 1.165) is 22.3 Å². The minimum Gasteiger partial charge on any atom is -0.423 e. The van der Waals surface area contributed by atoms with Crippen molar-refractivity contribution in [3.8, 4) is 16.9 Å². The van der Waals surface area contributed by atoms with E-state index in [1.807, 2.05) is 85.8 Å². The van der Waals surface area contributed by atoms with Crippen molar-refractivity contribution in [2.45, 2.75) is 6.92 Å². The Morgan fingerprint density at radius 3 is 2.29 bits per heavy atom. The largest absolute Gasteiger partial charge is 0.423 e. The van der Waals surface area contributed by atoms with Gasteiger partial charge < -0.3 is 4.74 Å². The molecule has 3 rings (SSSR count). The van der Waals surface area contributed by atoms with Gasteiger partial charge in [-0.1, -0.05) is 72.8 Å². The van der Waals surface area contributed by atoms with Crippen LogP contribution in [0.15, 0.2) is 84.9 Å². The Hall–Kier alpha value is -3.13. The van der Waals surface area contributed by atoms with Crippen LogP contribution in [-0.2, 0) is 4.79 Å². The molecule has 0 heterocycles. The predicted octanol–water partition coefficient (Wildman–Crippen LogP) is 5.28. The lowest BCUT2D eigenvalue weighted by molar-refractivity contribution is -0.128. The van der Waals surface area contributed by atoms with Crippen LogP contribution in [0.3, 0.4) is 0 Å². The normalized spacial score (nSPS) is 10.7. The highest BCUT2D eigenvalue weighted by atomic mass is 16.5. The minimum atomic E-state index is -0.387. The van der Waals surface area contributed by atoms with E-state index in [9.17, 15) is 4.79 Å². The molecule has 24 heavy (non-hydrogen) atoms. The average Bonchev–Trinajstić information content (AvgIpc) is 2.62. The van der Waals surface area contributed by atoms with E-state index in [1.54, 1.807) is 6.08 Å². The van der Waals surface area contributed by atoms with Crippen LogP contribution in [0.5, 0.6) is 5.75 Å². The van der Waals surface area contributed by atoms with Crippen molar-refractivity contribution in [1.82, 2.24) is 0 Å². The smallest absolute Gasteiger partial charge is 0.336 e. The number of hydrogen-bond acceptors (Lipinski definition) is 2. The highest BCUT2D eigenvalue weighted by Crippen LogP contribution is 2.29. The monoisotopic (exact) mass is 314 g/mol. The number of rotatable bonds is 4. The zero-order chi connectivity index (χ0) is 16.8. The van der Waals surface area contributed by atoms with Crippen molar-refractivity contribution in [3.05, 3.63) is 96.1 Å². The lowest BCUT2D eigenvalue weighted by Crippen LogP contribution is -2.04. The van der Waals surface area contributed by atoms with E-state index in [0.29, 0.717) is 5.75 Å². The molecule has 0 aliphatic heterocycles. The van der Waals surface area contributed by atoms with Crippen molar-refractivity contribution in [2.75, 3.05) is 0 Å². The summed E-state index contributed by atoms with van der Waals surface area (Å²) >= 11 is 0. The first kappa shape index (κ1) is 15.8. The van der Waals surface area contributed by atoms with Gasteiger partial charge >= 0.3 is 5.97 Å². The fraction of sp³-hybridized carbons (Fsp3) is 0.0455. The van der Waals surface area contributed by atoms with Crippen LogP contribution >= 0.6 is 0 Å². The topological polar surface area (TPSA) is 26.3 Å². The molecule has 3 aromatic carbocycles. The molecular formula is C22H18O2. The van der Waals surface area contributed by atoms with Crippen LogP contribution in [0.1, 0.15) is 11.1 Å². The molecule has 0 N–H and O–H groups in total. The minimum absolute atomic E-state index is 0.387. The summed E-state index contributed by atoms with van der Waals surface area (Å²) in [6, 6.07) is 25.3. The van der Waals surface area contributed by atoms with Gasteiger partial charge in [-0.3, -0.25) is 0 Å². The first-order valence-electron chi connectivity index (χ1n) is 7.84. The summed E-state index contributed by atoms with van der Waals surface area (Å²) in [4.78, 5) is 12.2. The summed E-state index contributed by atoms with van der Waals surface area (Å²) in [7, 11) is 0. The number of benzene rings is 3. The van der Waals surface area contributed by atoms with Crippen LogP contribution in [0.2, 0.25) is 0 Å². The Morgan fingerprint density at radius 2 is 1.50 bits per heavy atom. The molecule has 0 radical (unpaired) electrons. The van der Waals surface area contributed by atoms with Gasteiger partial charge in [0.05, 0.1) is 0 Å². The second-order valence-corrected chi connectivity index (χ2v) is 5.47. The maximum Gasteiger partial charge on any atom is 0.336 e. The molecule has 3 aromatic rings. The van der Waals surface area contributed by atoms with Crippen molar-refractivity contribution in [3.63, 3.8) is 0 Å². The first-order chi connectivity index (χ1) is 11.7. The van der Waals surface area contributed by atoms with Crippen molar-refractivity contribution >= 4 is 12.0 Å². The molecule has 0 spiro atoms. The highest BCUT2D eigenvalue weighted by Gasteiger charge is 2.08. The molecule has 2 heteroatoms. The van der Waals surface area contributed by atoms with Crippen LogP contribution in [0, 0.1) is 6.92 Å². The van der Waals surface area contributed by atoms with Crippen molar-refractivity contribution in [2.24, 2.45) is 0 Å². The lowest BCUT2D eigenvalue weighted by Gasteiger charge is -2.09. The summed E-state index contributed by atoms with van der Waals surface area (Å²) in [6.07, 6.45) is 3.24. The molecule has 0 amide bonds. The van der Waals surface area contributed by atoms with E-state index < -0.39 is 0 Å². The summed E-state index contributed by atoms with van der Waals surface area (Å²) in [5.74, 6) is 0.171. The van der Waals surface area contributed by atoms with E-state index >= 15 is 0 Å². The number of aryl methyl sites for hydroxylation is 1. The van der Waals surface area contributed by atoms with Crippen molar-refractivity contribution < 1.29 is 9.53 Å². The Kier molecular flexibility index (Phi) is 4.87. The van der Waals surface area contributed by atoms with E-state index in [2.05, 4.69) is 0 Å². The zero-order valence-electron chi connectivity index (χ0n) is 13.5. The summed E-state index contributed by atoms with van der Waals surface area (Å²) in [5.41, 5.74) is 4.04. The maximum atomic E-state index is 12.2. The molecule has 2 nitrogen and oxygen atoms in total. The van der Waals surface area contributed by atoms with Crippen LogP contribution in [0.25, 0.3) is 17.2 Å². The average molecular weight is 314 g/mol. The van der Waals surface area contributed by atoms with Gasteiger partial charge in [0, 0.05) is 11.6 Å². The second kappa shape index (κ2) is 7.42. The molecule has 0 aliphatic carbocycles. The predicted molar refractivity (Wildman–Crippen MR) is 97.7 cm³/mol. The number of para-hydroxylation sites is 1. The van der Waals surface area contributed by atoms with Crippen LogP contribution < -0.4 is 4.74 Å². The Labute approximate surface area is 142 Å². The SMILES string of the molecule is Cc1ccccc1/C=C/C(=O)Oc1ccccc1-c1ccccc1. The van der Waals surface area contributed by atoms with Crippen LogP contribution in [0.4, 0.5) is 0 Å².